The minimum atomic E-state index is -0.704. The van der Waals surface area contributed by atoms with Crippen molar-refractivity contribution in [3.8, 4) is 0 Å². The van der Waals surface area contributed by atoms with Crippen LogP contribution < -0.4 is 27.8 Å². The minimum absolute atomic E-state index is 0.0385. The summed E-state index contributed by atoms with van der Waals surface area (Å²) in [5, 5.41) is 25.2. The summed E-state index contributed by atoms with van der Waals surface area (Å²) >= 11 is 0. The van der Waals surface area contributed by atoms with Crippen LogP contribution in [0.3, 0.4) is 0 Å². The Bertz CT molecular complexity index is 646. The van der Waals surface area contributed by atoms with E-state index in [0.717, 1.165) is 32.1 Å². The Morgan fingerprint density at radius 1 is 0.969 bits per heavy atom. The van der Waals surface area contributed by atoms with Gasteiger partial charge >= 0.3 is 0 Å². The molecule has 2 aliphatic carbocycles. The van der Waals surface area contributed by atoms with Gasteiger partial charge in [-0.3, -0.25) is 14.4 Å². The second-order valence-electron chi connectivity index (χ2n) is 9.75. The number of aliphatic hydroxyl groups is 2. The number of carbonyl (C=O) groups excluding carboxylic acids is 3. The number of carbonyl (C=O) groups is 3. The van der Waals surface area contributed by atoms with Crippen molar-refractivity contribution in [3.63, 3.8) is 0 Å². The number of ketones is 1. The SMILES string of the molecule is CC(N)C(=O)NCC(=O)NCC(=O)CCC1CC(CC2CCC(O)C(N)C2)CC(O)C1N. The Morgan fingerprint density at radius 2 is 1.69 bits per heavy atom. The van der Waals surface area contributed by atoms with E-state index < -0.39 is 30.1 Å². The molecule has 0 saturated heterocycles. The second kappa shape index (κ2) is 12.6. The van der Waals surface area contributed by atoms with E-state index in [-0.39, 0.29) is 43.3 Å². The predicted molar refractivity (Wildman–Crippen MR) is 120 cm³/mol. The summed E-state index contributed by atoms with van der Waals surface area (Å²) in [6.07, 6.45) is 4.75. The number of nitrogens with one attached hydrogen (secondary N) is 2. The summed E-state index contributed by atoms with van der Waals surface area (Å²) < 4.78 is 0. The molecule has 0 aliphatic heterocycles. The fourth-order valence-corrected chi connectivity index (χ4v) is 4.99. The molecule has 2 aliphatic rings. The molecule has 0 aromatic heterocycles. The second-order valence-corrected chi connectivity index (χ2v) is 9.75. The van der Waals surface area contributed by atoms with Crippen LogP contribution >= 0.6 is 0 Å². The van der Waals surface area contributed by atoms with Crippen molar-refractivity contribution in [1.29, 1.82) is 0 Å². The fourth-order valence-electron chi connectivity index (χ4n) is 4.99. The third-order valence-corrected chi connectivity index (χ3v) is 6.95. The van der Waals surface area contributed by atoms with Crippen LogP contribution in [0, 0.1) is 17.8 Å². The van der Waals surface area contributed by atoms with E-state index in [9.17, 15) is 24.6 Å². The Kier molecular flexibility index (Phi) is 10.5. The van der Waals surface area contributed by atoms with Gasteiger partial charge in [0.25, 0.3) is 0 Å². The topological polar surface area (TPSA) is 194 Å². The highest BCUT2D eigenvalue weighted by molar-refractivity contribution is 5.89. The van der Waals surface area contributed by atoms with Gasteiger partial charge in [0, 0.05) is 18.5 Å². The summed E-state index contributed by atoms with van der Waals surface area (Å²) in [6.45, 7) is 1.18. The molecule has 184 valence electrons. The van der Waals surface area contributed by atoms with E-state index in [0.29, 0.717) is 24.7 Å². The van der Waals surface area contributed by atoms with E-state index in [1.807, 2.05) is 0 Å². The molecular formula is C22H41N5O5. The lowest BCUT2D eigenvalue weighted by atomic mass is 9.70. The lowest BCUT2D eigenvalue weighted by molar-refractivity contribution is -0.127. The molecule has 8 atom stereocenters. The molecule has 10 heteroatoms. The van der Waals surface area contributed by atoms with Crippen LogP contribution in [0.2, 0.25) is 0 Å². The van der Waals surface area contributed by atoms with Crippen LogP contribution in [0.1, 0.15) is 58.3 Å². The van der Waals surface area contributed by atoms with Gasteiger partial charge in [0.1, 0.15) is 0 Å². The molecule has 10 N–H and O–H groups in total. The summed E-state index contributed by atoms with van der Waals surface area (Å²) in [5.41, 5.74) is 17.6. The Hall–Kier alpha value is -1.59. The quantitative estimate of drug-likeness (QED) is 0.207. The summed E-state index contributed by atoms with van der Waals surface area (Å²) in [4.78, 5) is 35.4. The molecular weight excluding hydrogens is 414 g/mol. The molecule has 32 heavy (non-hydrogen) atoms. The minimum Gasteiger partial charge on any atom is -0.392 e. The Balaban J connectivity index is 1.73. The molecule has 10 nitrogen and oxygen atoms in total. The average Bonchev–Trinajstić information content (AvgIpc) is 2.74. The van der Waals surface area contributed by atoms with Crippen LogP contribution in [0.4, 0.5) is 0 Å². The number of nitrogens with two attached hydrogens (primary N) is 3. The van der Waals surface area contributed by atoms with Gasteiger partial charge in [0.15, 0.2) is 5.78 Å². The van der Waals surface area contributed by atoms with Gasteiger partial charge in [-0.1, -0.05) is 0 Å². The molecule has 0 bridgehead atoms. The third kappa shape index (κ3) is 8.40. The number of aliphatic hydroxyl groups excluding tert-OH is 2. The van der Waals surface area contributed by atoms with Gasteiger partial charge < -0.3 is 38.0 Å². The zero-order valence-corrected chi connectivity index (χ0v) is 19.0. The molecule has 0 aromatic carbocycles. The molecule has 0 spiro atoms. The first-order valence-corrected chi connectivity index (χ1v) is 11.8. The maximum atomic E-state index is 12.2. The Labute approximate surface area is 190 Å². The fraction of sp³-hybridized carbons (Fsp3) is 0.864. The van der Waals surface area contributed by atoms with Crippen LogP contribution in [0.5, 0.6) is 0 Å². The van der Waals surface area contributed by atoms with E-state index in [2.05, 4.69) is 10.6 Å². The van der Waals surface area contributed by atoms with Crippen molar-refractivity contribution in [1.82, 2.24) is 10.6 Å². The molecule has 0 aromatic rings. The van der Waals surface area contributed by atoms with Gasteiger partial charge in [-0.2, -0.15) is 0 Å². The third-order valence-electron chi connectivity index (χ3n) is 6.95. The maximum absolute atomic E-state index is 12.2. The average molecular weight is 456 g/mol. The number of amides is 2. The number of rotatable bonds is 10. The van der Waals surface area contributed by atoms with E-state index in [4.69, 9.17) is 17.2 Å². The highest BCUT2D eigenvalue weighted by Crippen LogP contribution is 2.38. The van der Waals surface area contributed by atoms with Crippen LogP contribution in [0.15, 0.2) is 0 Å². The van der Waals surface area contributed by atoms with Gasteiger partial charge in [-0.25, -0.2) is 0 Å². The summed E-state index contributed by atoms with van der Waals surface area (Å²) in [7, 11) is 0. The molecule has 0 radical (unpaired) electrons. The summed E-state index contributed by atoms with van der Waals surface area (Å²) in [6, 6.07) is -1.25. The maximum Gasteiger partial charge on any atom is 0.239 e. The van der Waals surface area contributed by atoms with Gasteiger partial charge in [-0.15, -0.1) is 0 Å². The van der Waals surface area contributed by atoms with E-state index in [1.165, 1.54) is 6.92 Å². The number of Topliss-reactive ketones (excluding diaryl/α,β-unsaturated/α-hetero) is 1. The standard InChI is InChI=1S/C22H41N5O5/c1-12(23)22(32)27-11-20(31)26-10-16(28)4-3-15-7-14(9-19(30)21(15)25)6-13-2-5-18(29)17(24)8-13/h12-15,17-19,21,29-30H,2-11,23-25H2,1H3,(H,26,31)(H,27,32). The van der Waals surface area contributed by atoms with Crippen molar-refractivity contribution >= 4 is 17.6 Å². The highest BCUT2D eigenvalue weighted by Gasteiger charge is 2.36. The lowest BCUT2D eigenvalue weighted by Crippen LogP contribution is -2.48. The van der Waals surface area contributed by atoms with Crippen molar-refractivity contribution in [2.45, 2.75) is 88.6 Å². The molecule has 8 unspecified atom stereocenters. The van der Waals surface area contributed by atoms with Gasteiger partial charge in [0.2, 0.25) is 11.8 Å². The predicted octanol–water partition coefficient (Wildman–Crippen LogP) is -1.49. The molecule has 2 rings (SSSR count). The Morgan fingerprint density at radius 3 is 2.34 bits per heavy atom. The summed E-state index contributed by atoms with van der Waals surface area (Å²) in [5.74, 6) is -0.194. The lowest BCUT2D eigenvalue weighted by Gasteiger charge is -2.40. The molecule has 2 amide bonds. The zero-order chi connectivity index (χ0) is 23.8. The van der Waals surface area contributed by atoms with Gasteiger partial charge in [-0.05, 0) is 69.6 Å². The smallest absolute Gasteiger partial charge is 0.239 e. The zero-order valence-electron chi connectivity index (χ0n) is 19.0. The number of hydrogen-bond acceptors (Lipinski definition) is 8. The van der Waals surface area contributed by atoms with Crippen LogP contribution in [0.25, 0.3) is 0 Å². The monoisotopic (exact) mass is 455 g/mol. The first-order chi connectivity index (χ1) is 15.1. The first-order valence-electron chi connectivity index (χ1n) is 11.8. The number of hydrogen-bond donors (Lipinski definition) is 7. The molecule has 2 saturated carbocycles. The van der Waals surface area contributed by atoms with Crippen molar-refractivity contribution in [2.24, 2.45) is 35.0 Å². The largest absolute Gasteiger partial charge is 0.392 e. The van der Waals surface area contributed by atoms with Crippen molar-refractivity contribution < 1.29 is 24.6 Å². The van der Waals surface area contributed by atoms with E-state index in [1.54, 1.807) is 0 Å². The van der Waals surface area contributed by atoms with E-state index >= 15 is 0 Å². The van der Waals surface area contributed by atoms with Crippen LogP contribution in [-0.2, 0) is 14.4 Å². The normalized spacial score (nSPS) is 33.9. The van der Waals surface area contributed by atoms with Crippen LogP contribution in [-0.4, -0.2) is 71.2 Å². The van der Waals surface area contributed by atoms with Crippen molar-refractivity contribution in [2.75, 3.05) is 13.1 Å². The van der Waals surface area contributed by atoms with Gasteiger partial charge in [0.05, 0.1) is 31.3 Å². The molecule has 0 heterocycles. The van der Waals surface area contributed by atoms with Crippen molar-refractivity contribution in [3.05, 3.63) is 0 Å². The highest BCUT2D eigenvalue weighted by atomic mass is 16.3. The first kappa shape index (κ1) is 26.7. The molecule has 2 fully saturated rings.